The summed E-state index contributed by atoms with van der Waals surface area (Å²) in [6, 6.07) is 12.9. The normalized spacial score (nSPS) is 14.2. The smallest absolute Gasteiger partial charge is 0.308 e. The second kappa shape index (κ2) is 10.7. The molecular weight excluding hydrogens is 399 g/mol. The molecule has 2 aromatic carbocycles. The number of esters is 1. The van der Waals surface area contributed by atoms with E-state index in [9.17, 15) is 18.8 Å². The van der Waals surface area contributed by atoms with Crippen LogP contribution in [-0.4, -0.2) is 42.3 Å². The van der Waals surface area contributed by atoms with Gasteiger partial charge >= 0.3 is 5.97 Å². The molecule has 0 aliphatic carbocycles. The van der Waals surface area contributed by atoms with E-state index in [4.69, 9.17) is 4.74 Å². The summed E-state index contributed by atoms with van der Waals surface area (Å²) in [7, 11) is 0. The topological polar surface area (TPSA) is 75.7 Å². The Hall–Kier alpha value is -3.22. The number of amides is 2. The molecular formula is C24H27FN2O4. The van der Waals surface area contributed by atoms with E-state index >= 15 is 0 Å². The monoisotopic (exact) mass is 426 g/mol. The number of aryl methyl sites for hydroxylation is 1. The van der Waals surface area contributed by atoms with Crippen LogP contribution in [0.5, 0.6) is 5.75 Å². The molecule has 3 rings (SSSR count). The van der Waals surface area contributed by atoms with Crippen LogP contribution in [0.3, 0.4) is 0 Å². The number of nitrogens with one attached hydrogen (secondary N) is 1. The number of carbonyl (C=O) groups excluding carboxylic acids is 3. The fourth-order valence-corrected chi connectivity index (χ4v) is 3.68. The summed E-state index contributed by atoms with van der Waals surface area (Å²) in [6.07, 6.45) is 2.43. The molecule has 7 heteroatoms. The minimum Gasteiger partial charge on any atom is -0.427 e. The predicted molar refractivity (Wildman–Crippen MR) is 114 cm³/mol. The Kier molecular flexibility index (Phi) is 7.76. The number of likely N-dealkylation sites (tertiary alicyclic amines) is 1. The molecule has 1 saturated heterocycles. The van der Waals surface area contributed by atoms with Crippen molar-refractivity contribution in [3.05, 3.63) is 65.5 Å². The largest absolute Gasteiger partial charge is 0.427 e. The van der Waals surface area contributed by atoms with Crippen LogP contribution in [0.2, 0.25) is 0 Å². The number of nitrogens with zero attached hydrogens (tertiary/aromatic N) is 1. The van der Waals surface area contributed by atoms with Gasteiger partial charge in [-0.3, -0.25) is 14.4 Å². The van der Waals surface area contributed by atoms with E-state index in [-0.39, 0.29) is 17.6 Å². The van der Waals surface area contributed by atoms with Gasteiger partial charge in [0, 0.05) is 38.5 Å². The maximum atomic E-state index is 13.2. The molecule has 0 atom stereocenters. The van der Waals surface area contributed by atoms with Gasteiger partial charge < -0.3 is 15.0 Å². The van der Waals surface area contributed by atoms with Crippen molar-refractivity contribution in [2.24, 2.45) is 5.92 Å². The first-order chi connectivity index (χ1) is 14.9. The highest BCUT2D eigenvalue weighted by Crippen LogP contribution is 2.21. The highest BCUT2D eigenvalue weighted by Gasteiger charge is 2.24. The van der Waals surface area contributed by atoms with Gasteiger partial charge in [0.15, 0.2) is 0 Å². The highest BCUT2D eigenvalue weighted by molar-refractivity contribution is 5.94. The molecule has 0 spiro atoms. The SMILES string of the molecule is CC(=O)Oc1cccc(C(=O)N2CCC(CNC(=O)CCc3cccc(F)c3)CC2)c1. The molecule has 0 saturated carbocycles. The number of hydrogen-bond donors (Lipinski definition) is 1. The Morgan fingerprint density at radius 1 is 1.10 bits per heavy atom. The summed E-state index contributed by atoms with van der Waals surface area (Å²) in [5.41, 5.74) is 1.29. The Morgan fingerprint density at radius 3 is 2.55 bits per heavy atom. The molecule has 0 aromatic heterocycles. The Morgan fingerprint density at radius 2 is 1.84 bits per heavy atom. The van der Waals surface area contributed by atoms with Crippen molar-refractivity contribution in [2.45, 2.75) is 32.6 Å². The zero-order chi connectivity index (χ0) is 22.2. The second-order valence-corrected chi connectivity index (χ2v) is 7.79. The summed E-state index contributed by atoms with van der Waals surface area (Å²) in [5, 5.41) is 2.95. The quantitative estimate of drug-likeness (QED) is 0.544. The van der Waals surface area contributed by atoms with Crippen molar-refractivity contribution in [1.29, 1.82) is 0 Å². The highest BCUT2D eigenvalue weighted by atomic mass is 19.1. The van der Waals surface area contributed by atoms with Gasteiger partial charge in [-0.1, -0.05) is 18.2 Å². The minimum absolute atomic E-state index is 0.0509. The van der Waals surface area contributed by atoms with Gasteiger partial charge in [-0.25, -0.2) is 4.39 Å². The average Bonchev–Trinajstić information content (AvgIpc) is 2.76. The molecule has 1 aliphatic heterocycles. The standard InChI is InChI=1S/C24H27FN2O4/c1-17(28)31-22-7-3-5-20(15-22)24(30)27-12-10-19(11-13-27)16-26-23(29)9-8-18-4-2-6-21(25)14-18/h2-7,14-15,19H,8-13,16H2,1H3,(H,26,29). The first-order valence-corrected chi connectivity index (χ1v) is 10.5. The molecule has 1 fully saturated rings. The van der Waals surface area contributed by atoms with Gasteiger partial charge in [0.05, 0.1) is 0 Å². The fraction of sp³-hybridized carbons (Fsp3) is 0.375. The molecule has 0 bridgehead atoms. The van der Waals surface area contributed by atoms with Crippen molar-refractivity contribution >= 4 is 17.8 Å². The van der Waals surface area contributed by atoms with Crippen molar-refractivity contribution in [2.75, 3.05) is 19.6 Å². The van der Waals surface area contributed by atoms with Gasteiger partial charge in [-0.15, -0.1) is 0 Å². The molecule has 31 heavy (non-hydrogen) atoms. The summed E-state index contributed by atoms with van der Waals surface area (Å²) < 4.78 is 18.3. The number of halogens is 1. The number of rotatable bonds is 7. The molecule has 1 N–H and O–H groups in total. The zero-order valence-corrected chi connectivity index (χ0v) is 17.6. The van der Waals surface area contributed by atoms with Crippen LogP contribution in [0.25, 0.3) is 0 Å². The second-order valence-electron chi connectivity index (χ2n) is 7.79. The average molecular weight is 426 g/mol. The number of carbonyl (C=O) groups is 3. The lowest BCUT2D eigenvalue weighted by Gasteiger charge is -2.32. The van der Waals surface area contributed by atoms with Crippen LogP contribution < -0.4 is 10.1 Å². The van der Waals surface area contributed by atoms with Gasteiger partial charge in [0.2, 0.25) is 5.91 Å². The first-order valence-electron chi connectivity index (χ1n) is 10.5. The summed E-state index contributed by atoms with van der Waals surface area (Å²) in [5.74, 6) is -0.193. The van der Waals surface area contributed by atoms with Crippen LogP contribution in [0, 0.1) is 11.7 Å². The van der Waals surface area contributed by atoms with E-state index in [1.54, 1.807) is 35.2 Å². The zero-order valence-electron chi connectivity index (χ0n) is 17.6. The van der Waals surface area contributed by atoms with Crippen LogP contribution in [-0.2, 0) is 16.0 Å². The number of benzene rings is 2. The molecule has 0 unspecified atom stereocenters. The first kappa shape index (κ1) is 22.5. The van der Waals surface area contributed by atoms with Gasteiger partial charge in [0.25, 0.3) is 5.91 Å². The summed E-state index contributed by atoms with van der Waals surface area (Å²) in [6.45, 7) is 3.12. The van der Waals surface area contributed by atoms with Crippen LogP contribution in [0.4, 0.5) is 4.39 Å². The van der Waals surface area contributed by atoms with Crippen LogP contribution in [0.15, 0.2) is 48.5 Å². The third kappa shape index (κ3) is 6.91. The van der Waals surface area contributed by atoms with E-state index in [1.165, 1.54) is 19.1 Å². The van der Waals surface area contributed by atoms with E-state index < -0.39 is 5.97 Å². The maximum absolute atomic E-state index is 13.2. The molecule has 2 amide bonds. The van der Waals surface area contributed by atoms with Crippen molar-refractivity contribution < 1.29 is 23.5 Å². The van der Waals surface area contributed by atoms with Gasteiger partial charge in [0.1, 0.15) is 11.6 Å². The summed E-state index contributed by atoms with van der Waals surface area (Å²) in [4.78, 5) is 37.7. The van der Waals surface area contributed by atoms with E-state index in [2.05, 4.69) is 5.32 Å². The molecule has 164 valence electrons. The molecule has 1 aliphatic rings. The van der Waals surface area contributed by atoms with Crippen LogP contribution >= 0.6 is 0 Å². The fourth-order valence-electron chi connectivity index (χ4n) is 3.68. The summed E-state index contributed by atoms with van der Waals surface area (Å²) >= 11 is 0. The Bertz CT molecular complexity index is 939. The Balaban J connectivity index is 1.40. The number of piperidine rings is 1. The molecule has 0 radical (unpaired) electrons. The van der Waals surface area contributed by atoms with Crippen molar-refractivity contribution in [1.82, 2.24) is 10.2 Å². The van der Waals surface area contributed by atoms with E-state index in [1.807, 2.05) is 6.07 Å². The van der Waals surface area contributed by atoms with Crippen LogP contribution in [0.1, 0.15) is 42.1 Å². The van der Waals surface area contributed by atoms with Gasteiger partial charge in [-0.05, 0) is 61.1 Å². The molecule has 6 nitrogen and oxygen atoms in total. The lowest BCUT2D eigenvalue weighted by molar-refractivity contribution is -0.131. The maximum Gasteiger partial charge on any atom is 0.308 e. The molecule has 1 heterocycles. The lowest BCUT2D eigenvalue weighted by Crippen LogP contribution is -2.41. The van der Waals surface area contributed by atoms with Crippen molar-refractivity contribution in [3.63, 3.8) is 0 Å². The molecule has 2 aromatic rings. The third-order valence-corrected chi connectivity index (χ3v) is 5.36. The lowest BCUT2D eigenvalue weighted by atomic mass is 9.96. The van der Waals surface area contributed by atoms with E-state index in [0.29, 0.717) is 49.7 Å². The minimum atomic E-state index is -0.427. The Labute approximate surface area is 181 Å². The van der Waals surface area contributed by atoms with E-state index in [0.717, 1.165) is 18.4 Å². The van der Waals surface area contributed by atoms with Crippen molar-refractivity contribution in [3.8, 4) is 5.75 Å². The van der Waals surface area contributed by atoms with Gasteiger partial charge in [-0.2, -0.15) is 0 Å². The predicted octanol–water partition coefficient (Wildman–Crippen LogP) is 3.35. The number of hydrogen-bond acceptors (Lipinski definition) is 4. The number of ether oxygens (including phenoxy) is 1. The third-order valence-electron chi connectivity index (χ3n) is 5.36.